The molecule has 8 heteroatoms. The number of aryl methyl sites for hydroxylation is 1. The fourth-order valence-corrected chi connectivity index (χ4v) is 2.70. The Morgan fingerprint density at radius 2 is 2.14 bits per heavy atom. The van der Waals surface area contributed by atoms with Crippen LogP contribution in [-0.2, 0) is 0 Å². The molecule has 0 aliphatic heterocycles. The van der Waals surface area contributed by atoms with Gasteiger partial charge in [-0.3, -0.25) is 10.1 Å². The van der Waals surface area contributed by atoms with E-state index < -0.39 is 0 Å². The lowest BCUT2D eigenvalue weighted by atomic mass is 10.2. The SMILES string of the molecule is Cc1nc(-c2nnc(NC(=O)c3ccccc3Br)o2)cs1. The van der Waals surface area contributed by atoms with Crippen molar-refractivity contribution >= 4 is 39.2 Å². The maximum atomic E-state index is 12.1. The molecule has 2 aromatic heterocycles. The van der Waals surface area contributed by atoms with Crippen molar-refractivity contribution in [1.29, 1.82) is 0 Å². The average molecular weight is 365 g/mol. The van der Waals surface area contributed by atoms with Gasteiger partial charge in [-0.1, -0.05) is 17.2 Å². The minimum atomic E-state index is -0.327. The van der Waals surface area contributed by atoms with E-state index in [0.717, 1.165) is 5.01 Å². The van der Waals surface area contributed by atoms with E-state index in [1.165, 1.54) is 11.3 Å². The zero-order valence-corrected chi connectivity index (χ0v) is 13.2. The van der Waals surface area contributed by atoms with E-state index in [1.54, 1.807) is 18.2 Å². The molecule has 21 heavy (non-hydrogen) atoms. The Morgan fingerprint density at radius 3 is 2.86 bits per heavy atom. The first kappa shape index (κ1) is 13.9. The number of thiazole rings is 1. The van der Waals surface area contributed by atoms with Gasteiger partial charge in [-0.25, -0.2) is 4.98 Å². The summed E-state index contributed by atoms with van der Waals surface area (Å²) in [4.78, 5) is 16.4. The van der Waals surface area contributed by atoms with Crippen LogP contribution in [0.25, 0.3) is 11.6 Å². The predicted octanol–water partition coefficient (Wildman–Crippen LogP) is 3.52. The number of rotatable bonds is 3. The lowest BCUT2D eigenvalue weighted by Crippen LogP contribution is -2.12. The molecule has 0 unspecified atom stereocenters. The normalized spacial score (nSPS) is 10.6. The van der Waals surface area contributed by atoms with Gasteiger partial charge in [-0.05, 0) is 35.0 Å². The van der Waals surface area contributed by atoms with Crippen molar-refractivity contribution < 1.29 is 9.21 Å². The van der Waals surface area contributed by atoms with E-state index in [4.69, 9.17) is 4.42 Å². The molecule has 6 nitrogen and oxygen atoms in total. The number of anilines is 1. The molecule has 0 bridgehead atoms. The van der Waals surface area contributed by atoms with Gasteiger partial charge in [0.05, 0.1) is 10.6 Å². The minimum absolute atomic E-state index is 0.0383. The largest absolute Gasteiger partial charge is 0.401 e. The number of hydrogen-bond donors (Lipinski definition) is 1. The minimum Gasteiger partial charge on any atom is -0.401 e. The fraction of sp³-hybridized carbons (Fsp3) is 0.0769. The third-order valence-electron chi connectivity index (χ3n) is 2.60. The van der Waals surface area contributed by atoms with Crippen LogP contribution in [0.3, 0.4) is 0 Å². The van der Waals surface area contributed by atoms with Crippen LogP contribution in [0.5, 0.6) is 0 Å². The highest BCUT2D eigenvalue weighted by molar-refractivity contribution is 9.10. The summed E-state index contributed by atoms with van der Waals surface area (Å²) in [6, 6.07) is 7.12. The van der Waals surface area contributed by atoms with Crippen molar-refractivity contribution in [2.24, 2.45) is 0 Å². The number of nitrogens with zero attached hydrogens (tertiary/aromatic N) is 3. The van der Waals surface area contributed by atoms with Crippen molar-refractivity contribution in [3.05, 3.63) is 44.7 Å². The van der Waals surface area contributed by atoms with E-state index >= 15 is 0 Å². The molecule has 106 valence electrons. The molecule has 2 heterocycles. The van der Waals surface area contributed by atoms with Crippen LogP contribution in [-0.4, -0.2) is 21.1 Å². The molecule has 0 aliphatic carbocycles. The van der Waals surface area contributed by atoms with Gasteiger partial charge in [0.1, 0.15) is 5.69 Å². The maximum absolute atomic E-state index is 12.1. The zero-order chi connectivity index (χ0) is 14.8. The van der Waals surface area contributed by atoms with Crippen LogP contribution in [0.2, 0.25) is 0 Å². The smallest absolute Gasteiger partial charge is 0.322 e. The van der Waals surface area contributed by atoms with Crippen molar-refractivity contribution in [2.75, 3.05) is 5.32 Å². The first-order valence-electron chi connectivity index (χ1n) is 5.95. The molecule has 3 rings (SSSR count). The average Bonchev–Trinajstić information content (AvgIpc) is 3.08. The number of carbonyl (C=O) groups excluding carboxylic acids is 1. The molecule has 1 N–H and O–H groups in total. The van der Waals surface area contributed by atoms with Gasteiger partial charge in [-0.2, -0.15) is 0 Å². The van der Waals surface area contributed by atoms with Crippen LogP contribution in [0.4, 0.5) is 6.01 Å². The second-order valence-corrected chi connectivity index (χ2v) is 6.01. The molecule has 1 amide bonds. The third kappa shape index (κ3) is 3.01. The Morgan fingerprint density at radius 1 is 1.33 bits per heavy atom. The number of carbonyl (C=O) groups is 1. The van der Waals surface area contributed by atoms with Crippen molar-refractivity contribution in [2.45, 2.75) is 6.92 Å². The summed E-state index contributed by atoms with van der Waals surface area (Å²) in [6.45, 7) is 1.89. The van der Waals surface area contributed by atoms with Crippen molar-refractivity contribution in [3.8, 4) is 11.6 Å². The summed E-state index contributed by atoms with van der Waals surface area (Å²) in [7, 11) is 0. The molecule has 0 fully saturated rings. The van der Waals surface area contributed by atoms with Gasteiger partial charge in [0, 0.05) is 9.85 Å². The standard InChI is InChI=1S/C13H9BrN4O2S/c1-7-15-10(6-21-7)12-17-18-13(20-12)16-11(19)8-4-2-3-5-9(8)14/h2-6H,1H3,(H,16,18,19). The molecule has 0 radical (unpaired) electrons. The molecule has 0 atom stereocenters. The summed E-state index contributed by atoms with van der Waals surface area (Å²) in [5.41, 5.74) is 1.09. The summed E-state index contributed by atoms with van der Waals surface area (Å²) >= 11 is 4.81. The summed E-state index contributed by atoms with van der Waals surface area (Å²) < 4.78 is 6.08. The van der Waals surface area contributed by atoms with Gasteiger partial charge < -0.3 is 4.42 Å². The quantitative estimate of drug-likeness (QED) is 0.768. The summed E-state index contributed by atoms with van der Waals surface area (Å²) in [5.74, 6) is -0.0473. The predicted molar refractivity (Wildman–Crippen MR) is 82.2 cm³/mol. The molecular weight excluding hydrogens is 356 g/mol. The Labute approximate surface area is 132 Å². The number of aromatic nitrogens is 3. The highest BCUT2D eigenvalue weighted by Gasteiger charge is 2.15. The number of amides is 1. The molecule has 0 saturated carbocycles. The summed E-state index contributed by atoms with van der Waals surface area (Å²) in [5, 5.41) is 13.0. The van der Waals surface area contributed by atoms with E-state index in [9.17, 15) is 4.79 Å². The van der Waals surface area contributed by atoms with Crippen LogP contribution < -0.4 is 5.32 Å². The lowest BCUT2D eigenvalue weighted by molar-refractivity contribution is 0.102. The Balaban J connectivity index is 1.79. The Hall–Kier alpha value is -2.06. The highest BCUT2D eigenvalue weighted by Crippen LogP contribution is 2.22. The zero-order valence-electron chi connectivity index (χ0n) is 10.8. The molecule has 0 saturated heterocycles. The first-order chi connectivity index (χ1) is 10.1. The number of halogens is 1. The number of nitrogens with one attached hydrogen (secondary N) is 1. The molecule has 3 aromatic rings. The number of hydrogen-bond acceptors (Lipinski definition) is 6. The lowest BCUT2D eigenvalue weighted by Gasteiger charge is -2.02. The third-order valence-corrected chi connectivity index (χ3v) is 4.07. The second-order valence-electron chi connectivity index (χ2n) is 4.10. The maximum Gasteiger partial charge on any atom is 0.322 e. The van der Waals surface area contributed by atoms with Gasteiger partial charge in [0.15, 0.2) is 0 Å². The monoisotopic (exact) mass is 364 g/mol. The van der Waals surface area contributed by atoms with E-state index in [-0.39, 0.29) is 17.8 Å². The van der Waals surface area contributed by atoms with E-state index in [1.807, 2.05) is 18.4 Å². The summed E-state index contributed by atoms with van der Waals surface area (Å²) in [6.07, 6.45) is 0. The molecule has 0 spiro atoms. The van der Waals surface area contributed by atoms with E-state index in [0.29, 0.717) is 15.7 Å². The van der Waals surface area contributed by atoms with Gasteiger partial charge in [-0.15, -0.1) is 16.4 Å². The van der Waals surface area contributed by atoms with Crippen molar-refractivity contribution in [3.63, 3.8) is 0 Å². The fourth-order valence-electron chi connectivity index (χ4n) is 1.65. The molecule has 0 aliphatic rings. The van der Waals surface area contributed by atoms with Gasteiger partial charge in [0.2, 0.25) is 0 Å². The second kappa shape index (κ2) is 5.74. The highest BCUT2D eigenvalue weighted by atomic mass is 79.9. The van der Waals surface area contributed by atoms with Crippen LogP contribution >= 0.6 is 27.3 Å². The number of benzene rings is 1. The first-order valence-corrected chi connectivity index (χ1v) is 7.62. The molecular formula is C13H9BrN4O2S. The van der Waals surface area contributed by atoms with Gasteiger partial charge >= 0.3 is 6.01 Å². The van der Waals surface area contributed by atoms with E-state index in [2.05, 4.69) is 36.4 Å². The van der Waals surface area contributed by atoms with Crippen LogP contribution in [0.1, 0.15) is 15.4 Å². The topological polar surface area (TPSA) is 80.9 Å². The Bertz CT molecular complexity index is 799. The van der Waals surface area contributed by atoms with Gasteiger partial charge in [0.25, 0.3) is 11.8 Å². The van der Waals surface area contributed by atoms with Crippen LogP contribution in [0.15, 0.2) is 38.5 Å². The molecule has 1 aromatic carbocycles. The Kier molecular flexibility index (Phi) is 3.80. The van der Waals surface area contributed by atoms with Crippen LogP contribution in [0, 0.1) is 6.92 Å². The van der Waals surface area contributed by atoms with Crippen molar-refractivity contribution in [1.82, 2.24) is 15.2 Å².